The first-order valence-corrected chi connectivity index (χ1v) is 23.1. The number of rotatable bonds is 2. The highest BCUT2D eigenvalue weighted by Gasteiger charge is 2.51. The number of likely N-dealkylation sites (tertiary alicyclic amines) is 6. The van der Waals surface area contributed by atoms with Crippen LogP contribution in [0.4, 0.5) is 14.4 Å². The quantitative estimate of drug-likeness (QED) is 0.253. The fourth-order valence-electron chi connectivity index (χ4n) is 9.79. The van der Waals surface area contributed by atoms with Crippen LogP contribution in [0.15, 0.2) is 0 Å². The number of hydrogen-bond donors (Lipinski definition) is 0. The van der Waals surface area contributed by atoms with Crippen LogP contribution in [0.3, 0.4) is 0 Å². The van der Waals surface area contributed by atoms with Gasteiger partial charge in [-0.05, 0) is 182 Å². The molecule has 59 heavy (non-hydrogen) atoms. The van der Waals surface area contributed by atoms with Gasteiger partial charge in [-0.15, -0.1) is 0 Å². The molecule has 0 aromatic heterocycles. The Hall–Kier alpha value is -2.31. The van der Waals surface area contributed by atoms with Crippen molar-refractivity contribution in [3.63, 3.8) is 0 Å². The summed E-state index contributed by atoms with van der Waals surface area (Å²) in [7, 11) is 0. The van der Waals surface area contributed by atoms with Gasteiger partial charge in [-0.2, -0.15) is 0 Å². The second-order valence-electron chi connectivity index (χ2n) is 23.5. The first-order chi connectivity index (χ1) is 27.0. The summed E-state index contributed by atoms with van der Waals surface area (Å²) >= 11 is 0. The van der Waals surface area contributed by atoms with Gasteiger partial charge in [0, 0.05) is 80.3 Å². The van der Waals surface area contributed by atoms with E-state index in [1.165, 1.54) is 38.8 Å². The van der Waals surface area contributed by atoms with E-state index in [4.69, 9.17) is 14.2 Å². The minimum Gasteiger partial charge on any atom is -0.447 e. The van der Waals surface area contributed by atoms with Crippen LogP contribution >= 0.6 is 0 Å². The molecule has 342 valence electrons. The molecule has 6 saturated heterocycles. The van der Waals surface area contributed by atoms with Crippen LogP contribution in [0.1, 0.15) is 162 Å². The average Bonchev–Trinajstić information content (AvgIpc) is 3.48. The van der Waals surface area contributed by atoms with Gasteiger partial charge in [0.2, 0.25) is 0 Å². The third kappa shape index (κ3) is 13.6. The smallest absolute Gasteiger partial charge is 0.410 e. The van der Waals surface area contributed by atoms with Crippen molar-refractivity contribution in [3.05, 3.63) is 0 Å². The van der Waals surface area contributed by atoms with Gasteiger partial charge in [0.25, 0.3) is 0 Å². The maximum absolute atomic E-state index is 12.3. The van der Waals surface area contributed by atoms with Gasteiger partial charge in [0.1, 0.15) is 11.2 Å². The van der Waals surface area contributed by atoms with E-state index in [2.05, 4.69) is 70.1 Å². The molecule has 0 aromatic rings. The van der Waals surface area contributed by atoms with Gasteiger partial charge in [-0.3, -0.25) is 9.80 Å². The Kier molecular flexibility index (Phi) is 15.5. The molecule has 0 saturated carbocycles. The molecule has 6 fully saturated rings. The van der Waals surface area contributed by atoms with Crippen molar-refractivity contribution >= 4 is 18.3 Å². The van der Waals surface area contributed by atoms with E-state index in [1.807, 2.05) is 70.1 Å². The summed E-state index contributed by atoms with van der Waals surface area (Å²) in [6, 6.07) is 0.643. The molecule has 0 aromatic carbocycles. The molecule has 6 aliphatic rings. The molecule has 0 N–H and O–H groups in total. The number of carbonyl (C=O) groups is 3. The van der Waals surface area contributed by atoms with E-state index in [0.717, 1.165) is 84.6 Å². The lowest BCUT2D eigenvalue weighted by atomic mass is 9.72. The van der Waals surface area contributed by atoms with Gasteiger partial charge in [-0.25, -0.2) is 14.4 Å². The molecular formula is C47H88N6O6. The molecule has 6 aliphatic heterocycles. The summed E-state index contributed by atoms with van der Waals surface area (Å²) in [6.07, 6.45) is 8.81. The molecule has 6 heterocycles. The van der Waals surface area contributed by atoms with Crippen molar-refractivity contribution in [3.8, 4) is 0 Å². The van der Waals surface area contributed by atoms with Gasteiger partial charge < -0.3 is 33.8 Å². The first kappa shape index (κ1) is 49.3. The molecule has 1 unspecified atom stereocenters. The van der Waals surface area contributed by atoms with E-state index in [0.29, 0.717) is 11.5 Å². The number of amides is 3. The van der Waals surface area contributed by atoms with Crippen molar-refractivity contribution in [1.29, 1.82) is 0 Å². The normalized spacial score (nSPS) is 25.2. The van der Waals surface area contributed by atoms with E-state index in [9.17, 15) is 14.4 Å². The number of ether oxygens (including phenoxy) is 3. The predicted molar refractivity (Wildman–Crippen MR) is 238 cm³/mol. The zero-order chi connectivity index (χ0) is 44.4. The molecule has 12 nitrogen and oxygen atoms in total. The fourth-order valence-corrected chi connectivity index (χ4v) is 9.79. The molecular weight excluding hydrogens is 745 g/mol. The third-order valence-corrected chi connectivity index (χ3v) is 13.6. The maximum atomic E-state index is 12.3. The van der Waals surface area contributed by atoms with Crippen LogP contribution in [-0.4, -0.2) is 160 Å². The van der Waals surface area contributed by atoms with Gasteiger partial charge in [0.05, 0.1) is 11.6 Å². The highest BCUT2D eigenvalue weighted by molar-refractivity contribution is 5.71. The first-order valence-electron chi connectivity index (χ1n) is 23.1. The van der Waals surface area contributed by atoms with Crippen LogP contribution in [-0.2, 0) is 14.2 Å². The summed E-state index contributed by atoms with van der Waals surface area (Å²) in [5.74, 6) is 0. The van der Waals surface area contributed by atoms with Crippen molar-refractivity contribution < 1.29 is 28.6 Å². The average molecular weight is 833 g/mol. The zero-order valence-electron chi connectivity index (χ0n) is 40.7. The van der Waals surface area contributed by atoms with Crippen molar-refractivity contribution in [2.24, 2.45) is 10.8 Å². The Balaban J connectivity index is 0.000000196. The minimum absolute atomic E-state index is 0.0168. The van der Waals surface area contributed by atoms with Gasteiger partial charge in [-0.1, -0.05) is 0 Å². The number of hydrogen-bond acceptors (Lipinski definition) is 9. The molecule has 3 amide bonds. The topological polar surface area (TPSA) is 98.3 Å². The Bertz CT molecular complexity index is 1400. The summed E-state index contributed by atoms with van der Waals surface area (Å²) in [5.41, 5.74) is 0.377. The Morgan fingerprint density at radius 1 is 0.492 bits per heavy atom. The van der Waals surface area contributed by atoms with Crippen LogP contribution in [0, 0.1) is 10.8 Å². The number of piperidine rings is 3. The minimum atomic E-state index is -0.408. The molecule has 0 aliphatic carbocycles. The molecule has 1 atom stereocenters. The number of nitrogens with zero attached hydrogens (tertiary/aromatic N) is 6. The lowest BCUT2D eigenvalue weighted by molar-refractivity contribution is -0.0780. The monoisotopic (exact) mass is 833 g/mol. The maximum Gasteiger partial charge on any atom is 0.410 e. The van der Waals surface area contributed by atoms with E-state index in [1.54, 1.807) is 0 Å². The zero-order valence-corrected chi connectivity index (χ0v) is 40.7. The largest absolute Gasteiger partial charge is 0.447 e. The summed E-state index contributed by atoms with van der Waals surface area (Å²) < 4.78 is 16.3. The molecule has 0 radical (unpaired) electrons. The second kappa shape index (κ2) is 18.6. The van der Waals surface area contributed by atoms with Crippen molar-refractivity contribution in [2.45, 2.75) is 202 Å². The van der Waals surface area contributed by atoms with E-state index in [-0.39, 0.29) is 46.4 Å². The Labute approximate surface area is 360 Å². The van der Waals surface area contributed by atoms with Gasteiger partial charge >= 0.3 is 18.3 Å². The van der Waals surface area contributed by atoms with Crippen LogP contribution in [0.25, 0.3) is 0 Å². The highest BCUT2D eigenvalue weighted by atomic mass is 16.6. The van der Waals surface area contributed by atoms with Crippen LogP contribution in [0.5, 0.6) is 0 Å². The predicted octanol–water partition coefficient (Wildman–Crippen LogP) is 9.11. The lowest BCUT2D eigenvalue weighted by Crippen LogP contribution is -2.67. The summed E-state index contributed by atoms with van der Waals surface area (Å²) in [6.45, 7) is 44.6. The van der Waals surface area contributed by atoms with E-state index < -0.39 is 11.2 Å². The molecule has 0 bridgehead atoms. The number of carbonyl (C=O) groups excluding carboxylic acids is 3. The standard InChI is InChI=1S/C17H32N2O2.C16H30N2O2.C14H26N2O2/c1-15(2,3)19-11-9-17(13-19)8-7-10-18(12-17)14(20)21-16(4,5)6;1-14(2,3)17-10-7-16(8-11-17)9-12-18(16)13(19)20-15(4,5)6;1-11(2)15-7-5-14(6-8-15)9-16(10-14)13(17)18-12(3)4/h7-13H2,1-6H3;7-12H2,1-6H3;11-12H,5-10H2,1-4H3. The van der Waals surface area contributed by atoms with E-state index >= 15 is 0 Å². The Morgan fingerprint density at radius 3 is 1.39 bits per heavy atom. The molecule has 3 spiro atoms. The Morgan fingerprint density at radius 2 is 0.949 bits per heavy atom. The lowest BCUT2D eigenvalue weighted by Gasteiger charge is -2.57. The van der Waals surface area contributed by atoms with Crippen LogP contribution in [0.2, 0.25) is 0 Å². The molecule has 12 heteroatoms. The summed E-state index contributed by atoms with van der Waals surface area (Å²) in [5, 5.41) is 0. The fraction of sp³-hybridized carbons (Fsp3) is 0.936. The van der Waals surface area contributed by atoms with Crippen LogP contribution < -0.4 is 0 Å². The second-order valence-corrected chi connectivity index (χ2v) is 23.5. The third-order valence-electron chi connectivity index (χ3n) is 13.6. The van der Waals surface area contributed by atoms with Gasteiger partial charge in [0.15, 0.2) is 0 Å². The highest BCUT2D eigenvalue weighted by Crippen LogP contribution is 2.44. The summed E-state index contributed by atoms with van der Waals surface area (Å²) in [4.78, 5) is 49.7. The van der Waals surface area contributed by atoms with Crippen molar-refractivity contribution in [2.75, 3.05) is 72.0 Å². The van der Waals surface area contributed by atoms with Crippen molar-refractivity contribution in [1.82, 2.24) is 29.4 Å². The molecule has 6 rings (SSSR count). The SMILES string of the molecule is CC(C)(C)OC(=O)N1CCC12CCN(C(C)(C)C)CC2.CC(C)(C)OC(=O)N1CCCC2(CCN(C(C)(C)C)C2)C1.CC(C)OC(=O)N1CC2(CCN(C(C)C)CC2)C1.